The van der Waals surface area contributed by atoms with Gasteiger partial charge in [-0.25, -0.2) is 0 Å². The maximum Gasteiger partial charge on any atom is 0.197 e. The van der Waals surface area contributed by atoms with E-state index >= 15 is 0 Å². The van der Waals surface area contributed by atoms with Crippen molar-refractivity contribution in [1.82, 2.24) is 0 Å². The fraction of sp³-hybridized carbons (Fsp3) is 0. The van der Waals surface area contributed by atoms with Gasteiger partial charge in [-0.15, -0.1) is 0 Å². The van der Waals surface area contributed by atoms with Gasteiger partial charge in [0.05, 0.1) is 10.0 Å². The van der Waals surface area contributed by atoms with Gasteiger partial charge in [0.2, 0.25) is 0 Å². The number of hydrogen-bond donors (Lipinski definition) is 2. The molecule has 0 fully saturated rings. The molecule has 0 aliphatic carbocycles. The second kappa shape index (κ2) is 4.98. The molecule has 0 aliphatic heterocycles. The van der Waals surface area contributed by atoms with Crippen LogP contribution in [0.4, 0.5) is 0 Å². The molecule has 6 heteroatoms. The van der Waals surface area contributed by atoms with Crippen LogP contribution in [0, 0.1) is 0 Å². The normalized spacial score (nSPS) is 11.0. The number of hydrogen-bond acceptors (Lipinski definition) is 4. The summed E-state index contributed by atoms with van der Waals surface area (Å²) in [7, 11) is 0. The molecule has 1 heterocycles. The highest BCUT2D eigenvalue weighted by molar-refractivity contribution is 6.42. The van der Waals surface area contributed by atoms with E-state index in [0.29, 0.717) is 15.6 Å². The van der Waals surface area contributed by atoms with Gasteiger partial charge in [-0.1, -0.05) is 23.2 Å². The van der Waals surface area contributed by atoms with E-state index in [1.54, 1.807) is 18.2 Å². The van der Waals surface area contributed by atoms with Gasteiger partial charge in [0.1, 0.15) is 28.2 Å². The minimum Gasteiger partial charge on any atom is -0.508 e. The van der Waals surface area contributed by atoms with E-state index in [1.807, 2.05) is 0 Å². The number of aromatic hydroxyl groups is 2. The Kier molecular flexibility index (Phi) is 3.27. The first kappa shape index (κ1) is 13.8. The average Bonchev–Trinajstić information content (AvgIpc) is 2.40. The number of fused-ring (bicyclic) bond motifs is 1. The van der Waals surface area contributed by atoms with E-state index in [1.165, 1.54) is 12.1 Å². The van der Waals surface area contributed by atoms with Gasteiger partial charge in [0.15, 0.2) is 5.43 Å². The predicted molar refractivity (Wildman–Crippen MR) is 81.3 cm³/mol. The zero-order chi connectivity index (χ0) is 15.1. The van der Waals surface area contributed by atoms with Crippen molar-refractivity contribution in [3.8, 4) is 22.8 Å². The molecule has 3 rings (SSSR count). The Morgan fingerprint density at radius 2 is 1.71 bits per heavy atom. The third kappa shape index (κ3) is 2.44. The van der Waals surface area contributed by atoms with Crippen molar-refractivity contribution in [3.63, 3.8) is 0 Å². The van der Waals surface area contributed by atoms with Gasteiger partial charge >= 0.3 is 0 Å². The molecule has 4 nitrogen and oxygen atoms in total. The third-order valence-electron chi connectivity index (χ3n) is 3.00. The number of benzene rings is 2. The molecule has 0 atom stereocenters. The van der Waals surface area contributed by atoms with E-state index in [0.717, 1.165) is 6.07 Å². The second-order valence-electron chi connectivity index (χ2n) is 4.44. The van der Waals surface area contributed by atoms with Gasteiger partial charge in [-0.2, -0.15) is 0 Å². The minimum absolute atomic E-state index is 0.0108. The van der Waals surface area contributed by atoms with Crippen LogP contribution in [0.3, 0.4) is 0 Å². The zero-order valence-corrected chi connectivity index (χ0v) is 11.9. The van der Waals surface area contributed by atoms with E-state index in [4.69, 9.17) is 27.6 Å². The van der Waals surface area contributed by atoms with Crippen LogP contribution in [0.15, 0.2) is 45.6 Å². The maximum absolute atomic E-state index is 12.1. The van der Waals surface area contributed by atoms with Crippen molar-refractivity contribution >= 4 is 34.2 Å². The molecule has 2 aromatic carbocycles. The monoisotopic (exact) mass is 322 g/mol. The van der Waals surface area contributed by atoms with E-state index in [9.17, 15) is 15.0 Å². The number of halogens is 2. The highest BCUT2D eigenvalue weighted by Gasteiger charge is 2.12. The van der Waals surface area contributed by atoms with Crippen LogP contribution in [0.25, 0.3) is 22.3 Å². The van der Waals surface area contributed by atoms with Gasteiger partial charge in [0, 0.05) is 23.8 Å². The fourth-order valence-electron chi connectivity index (χ4n) is 2.05. The lowest BCUT2D eigenvalue weighted by Crippen LogP contribution is -2.00. The molecule has 0 bridgehead atoms. The largest absolute Gasteiger partial charge is 0.508 e. The molecule has 0 spiro atoms. The number of rotatable bonds is 1. The van der Waals surface area contributed by atoms with Crippen LogP contribution in [0.2, 0.25) is 10.0 Å². The molecular formula is C15H8Cl2O4. The van der Waals surface area contributed by atoms with Gasteiger partial charge in [-0.3, -0.25) is 4.79 Å². The Morgan fingerprint density at radius 1 is 0.952 bits per heavy atom. The fourth-order valence-corrected chi connectivity index (χ4v) is 2.34. The summed E-state index contributed by atoms with van der Waals surface area (Å²) in [4.78, 5) is 12.1. The Hall–Kier alpha value is -2.17. The van der Waals surface area contributed by atoms with E-state index in [2.05, 4.69) is 0 Å². The maximum atomic E-state index is 12.1. The smallest absolute Gasteiger partial charge is 0.197 e. The van der Waals surface area contributed by atoms with Crippen LogP contribution < -0.4 is 5.43 Å². The molecule has 21 heavy (non-hydrogen) atoms. The molecule has 106 valence electrons. The van der Waals surface area contributed by atoms with Crippen LogP contribution >= 0.6 is 23.2 Å². The Balaban J connectivity index is 2.29. The van der Waals surface area contributed by atoms with Crippen molar-refractivity contribution in [3.05, 3.63) is 56.7 Å². The summed E-state index contributed by atoms with van der Waals surface area (Å²) in [6.45, 7) is 0. The van der Waals surface area contributed by atoms with Crippen LogP contribution in [0.5, 0.6) is 11.5 Å². The predicted octanol–water partition coefficient (Wildman–Crippen LogP) is 4.18. The van der Waals surface area contributed by atoms with Crippen molar-refractivity contribution in [2.75, 3.05) is 0 Å². The van der Waals surface area contributed by atoms with Gasteiger partial charge < -0.3 is 14.6 Å². The summed E-state index contributed by atoms with van der Waals surface area (Å²) in [5, 5.41) is 19.9. The van der Waals surface area contributed by atoms with Crippen LogP contribution in [-0.4, -0.2) is 10.2 Å². The molecular weight excluding hydrogens is 315 g/mol. The molecule has 0 amide bonds. The van der Waals surface area contributed by atoms with E-state index < -0.39 is 5.43 Å². The number of phenolic OH excluding ortho intramolecular Hbond substituents is 2. The Labute approximate surface area is 128 Å². The zero-order valence-electron chi connectivity index (χ0n) is 10.4. The SMILES string of the molecule is O=c1cc(-c2ccc(Cl)c(Cl)c2)oc2cc(O)cc(O)c12. The Bertz CT molecular complexity index is 915. The first-order valence-corrected chi connectivity index (χ1v) is 6.66. The van der Waals surface area contributed by atoms with Crippen molar-refractivity contribution in [2.45, 2.75) is 0 Å². The van der Waals surface area contributed by atoms with E-state index in [-0.39, 0.29) is 28.2 Å². The second-order valence-corrected chi connectivity index (χ2v) is 5.26. The Morgan fingerprint density at radius 3 is 2.43 bits per heavy atom. The van der Waals surface area contributed by atoms with Crippen molar-refractivity contribution in [1.29, 1.82) is 0 Å². The van der Waals surface area contributed by atoms with Crippen molar-refractivity contribution in [2.24, 2.45) is 0 Å². The summed E-state index contributed by atoms with van der Waals surface area (Å²) in [5.41, 5.74) is 0.224. The molecule has 0 unspecified atom stereocenters. The topological polar surface area (TPSA) is 70.7 Å². The minimum atomic E-state index is -0.421. The first-order valence-electron chi connectivity index (χ1n) is 5.91. The summed E-state index contributed by atoms with van der Waals surface area (Å²) in [5.74, 6) is -0.273. The molecule has 2 N–H and O–H groups in total. The lowest BCUT2D eigenvalue weighted by molar-refractivity contribution is 0.452. The molecule has 0 saturated heterocycles. The number of phenols is 2. The summed E-state index contributed by atoms with van der Waals surface area (Å²) >= 11 is 11.8. The summed E-state index contributed by atoms with van der Waals surface area (Å²) in [6.07, 6.45) is 0. The molecule has 0 radical (unpaired) electrons. The standard InChI is InChI=1S/C15H8Cl2O4/c16-9-2-1-7(3-10(9)17)13-6-12(20)15-11(19)4-8(18)5-14(15)21-13/h1-6,18-19H. The lowest BCUT2D eigenvalue weighted by atomic mass is 10.1. The first-order chi connectivity index (χ1) is 9.95. The third-order valence-corrected chi connectivity index (χ3v) is 3.74. The molecule has 0 aliphatic rings. The summed E-state index contributed by atoms with van der Waals surface area (Å²) in [6, 6.07) is 8.40. The van der Waals surface area contributed by atoms with Crippen LogP contribution in [-0.2, 0) is 0 Å². The molecule has 0 saturated carbocycles. The quantitative estimate of drug-likeness (QED) is 0.705. The lowest BCUT2D eigenvalue weighted by Gasteiger charge is -2.06. The van der Waals surface area contributed by atoms with Gasteiger partial charge in [0.25, 0.3) is 0 Å². The van der Waals surface area contributed by atoms with Crippen LogP contribution in [0.1, 0.15) is 0 Å². The average molecular weight is 323 g/mol. The van der Waals surface area contributed by atoms with Gasteiger partial charge in [-0.05, 0) is 18.2 Å². The highest BCUT2D eigenvalue weighted by atomic mass is 35.5. The van der Waals surface area contributed by atoms with Crippen molar-refractivity contribution < 1.29 is 14.6 Å². The molecule has 1 aromatic heterocycles. The highest BCUT2D eigenvalue weighted by Crippen LogP contribution is 2.32. The molecule has 3 aromatic rings. The summed E-state index contributed by atoms with van der Waals surface area (Å²) < 4.78 is 5.56.